The van der Waals surface area contributed by atoms with Crippen molar-refractivity contribution in [2.75, 3.05) is 43.1 Å². The summed E-state index contributed by atoms with van der Waals surface area (Å²) >= 11 is 6.39. The van der Waals surface area contributed by atoms with Crippen LogP contribution in [0.15, 0.2) is 57.7 Å². The number of hydrogen-bond donors (Lipinski definition) is 1. The molecule has 7 nitrogen and oxygen atoms in total. The summed E-state index contributed by atoms with van der Waals surface area (Å²) in [5, 5.41) is 4.20. The predicted molar refractivity (Wildman–Crippen MR) is 111 cm³/mol. The molecule has 2 heterocycles. The van der Waals surface area contributed by atoms with Crippen molar-refractivity contribution in [3.05, 3.63) is 64.0 Å². The van der Waals surface area contributed by atoms with E-state index in [4.69, 9.17) is 25.5 Å². The molecule has 1 amide bonds. The third-order valence-electron chi connectivity index (χ3n) is 4.55. The molecule has 1 aliphatic rings. The SMILES string of the molecule is O=C(COc1ccc2ccc(=O)oc2c1)Nc1cccc(Cl)c1N1CCOCC1. The number of benzene rings is 2. The summed E-state index contributed by atoms with van der Waals surface area (Å²) in [4.78, 5) is 25.9. The highest BCUT2D eigenvalue weighted by atomic mass is 35.5. The van der Waals surface area contributed by atoms with Gasteiger partial charge < -0.3 is 24.1 Å². The van der Waals surface area contributed by atoms with E-state index in [0.29, 0.717) is 48.3 Å². The van der Waals surface area contributed by atoms with Crippen LogP contribution in [0.25, 0.3) is 11.0 Å². The van der Waals surface area contributed by atoms with Gasteiger partial charge in [0.2, 0.25) is 0 Å². The van der Waals surface area contributed by atoms with Crippen LogP contribution in [0, 0.1) is 0 Å². The number of carbonyl (C=O) groups excluding carboxylic acids is 1. The lowest BCUT2D eigenvalue weighted by molar-refractivity contribution is -0.118. The number of fused-ring (bicyclic) bond motifs is 1. The first-order chi connectivity index (χ1) is 14.1. The van der Waals surface area contributed by atoms with Gasteiger partial charge in [0.05, 0.1) is 29.6 Å². The first-order valence-electron chi connectivity index (χ1n) is 9.18. The molecule has 2 aromatic carbocycles. The molecule has 0 aliphatic carbocycles. The summed E-state index contributed by atoms with van der Waals surface area (Å²) < 4.78 is 16.1. The van der Waals surface area contributed by atoms with Crippen LogP contribution in [-0.4, -0.2) is 38.8 Å². The third kappa shape index (κ3) is 4.52. The number of rotatable bonds is 5. The minimum Gasteiger partial charge on any atom is -0.484 e. The number of ether oxygens (including phenoxy) is 2. The maximum Gasteiger partial charge on any atom is 0.336 e. The molecule has 1 aliphatic heterocycles. The van der Waals surface area contributed by atoms with Crippen molar-refractivity contribution in [2.24, 2.45) is 0 Å². The number of anilines is 2. The molecule has 0 spiro atoms. The van der Waals surface area contributed by atoms with Crippen LogP contribution < -0.4 is 20.6 Å². The van der Waals surface area contributed by atoms with Crippen LogP contribution in [0.1, 0.15) is 0 Å². The number of nitrogens with zero attached hydrogens (tertiary/aromatic N) is 1. The fourth-order valence-corrected chi connectivity index (χ4v) is 3.48. The Morgan fingerprint density at radius 3 is 2.76 bits per heavy atom. The lowest BCUT2D eigenvalue weighted by Gasteiger charge is -2.31. The quantitative estimate of drug-likeness (QED) is 0.645. The number of hydrogen-bond acceptors (Lipinski definition) is 6. The van der Waals surface area contributed by atoms with E-state index in [2.05, 4.69) is 10.2 Å². The van der Waals surface area contributed by atoms with Crippen molar-refractivity contribution in [2.45, 2.75) is 0 Å². The molecule has 4 rings (SSSR count). The molecule has 1 saturated heterocycles. The van der Waals surface area contributed by atoms with E-state index in [-0.39, 0.29) is 12.5 Å². The first-order valence-corrected chi connectivity index (χ1v) is 9.56. The number of nitrogens with one attached hydrogen (secondary N) is 1. The highest BCUT2D eigenvalue weighted by Gasteiger charge is 2.19. The molecular formula is C21H19ClN2O5. The Kier molecular flexibility index (Phi) is 5.69. The van der Waals surface area contributed by atoms with Crippen LogP contribution in [0.3, 0.4) is 0 Å². The van der Waals surface area contributed by atoms with E-state index >= 15 is 0 Å². The van der Waals surface area contributed by atoms with E-state index < -0.39 is 5.63 Å². The van der Waals surface area contributed by atoms with Gasteiger partial charge in [0.25, 0.3) is 5.91 Å². The van der Waals surface area contributed by atoms with Crippen molar-refractivity contribution in [1.29, 1.82) is 0 Å². The van der Waals surface area contributed by atoms with Crippen LogP contribution in [0.5, 0.6) is 5.75 Å². The van der Waals surface area contributed by atoms with Gasteiger partial charge in [0.1, 0.15) is 11.3 Å². The Hall–Kier alpha value is -3.03. The van der Waals surface area contributed by atoms with Gasteiger partial charge >= 0.3 is 5.63 Å². The minimum absolute atomic E-state index is 0.197. The molecule has 1 N–H and O–H groups in total. The summed E-state index contributed by atoms with van der Waals surface area (Å²) in [5.74, 6) is 0.109. The van der Waals surface area contributed by atoms with Crippen molar-refractivity contribution < 1.29 is 18.7 Å². The Morgan fingerprint density at radius 1 is 1.14 bits per heavy atom. The second-order valence-electron chi connectivity index (χ2n) is 6.53. The molecule has 1 aromatic heterocycles. The monoisotopic (exact) mass is 414 g/mol. The molecule has 1 fully saturated rings. The van der Waals surface area contributed by atoms with E-state index in [0.717, 1.165) is 11.1 Å². The lowest BCUT2D eigenvalue weighted by atomic mass is 10.2. The molecule has 0 radical (unpaired) electrons. The molecular weight excluding hydrogens is 396 g/mol. The standard InChI is InChI=1S/C21H19ClN2O5/c22-16-2-1-3-17(21(16)24-8-10-27-11-9-24)23-19(25)13-28-15-6-4-14-5-7-20(26)29-18(14)12-15/h1-7,12H,8-11,13H2,(H,23,25). The van der Waals surface area contributed by atoms with Gasteiger partial charge in [-0.05, 0) is 30.3 Å². The molecule has 0 saturated carbocycles. The van der Waals surface area contributed by atoms with Crippen LogP contribution in [0.2, 0.25) is 5.02 Å². The molecule has 8 heteroatoms. The fraction of sp³-hybridized carbons (Fsp3) is 0.238. The summed E-state index contributed by atoms with van der Waals surface area (Å²) in [7, 11) is 0. The second kappa shape index (κ2) is 8.55. The predicted octanol–water partition coefficient (Wildman–Crippen LogP) is 3.30. The van der Waals surface area contributed by atoms with Crippen molar-refractivity contribution in [3.63, 3.8) is 0 Å². The van der Waals surface area contributed by atoms with E-state index in [1.54, 1.807) is 42.5 Å². The third-order valence-corrected chi connectivity index (χ3v) is 4.86. The topological polar surface area (TPSA) is 81.0 Å². The average molecular weight is 415 g/mol. The maximum absolute atomic E-state index is 12.5. The average Bonchev–Trinajstić information content (AvgIpc) is 2.72. The zero-order chi connectivity index (χ0) is 20.2. The Bertz CT molecular complexity index is 1090. The van der Waals surface area contributed by atoms with Crippen molar-refractivity contribution in [1.82, 2.24) is 0 Å². The van der Waals surface area contributed by atoms with Gasteiger partial charge in [0, 0.05) is 30.6 Å². The summed E-state index contributed by atoms with van der Waals surface area (Å²) in [6.07, 6.45) is 0. The smallest absolute Gasteiger partial charge is 0.336 e. The van der Waals surface area contributed by atoms with Crippen LogP contribution in [-0.2, 0) is 9.53 Å². The van der Waals surface area contributed by atoms with Gasteiger partial charge in [-0.1, -0.05) is 17.7 Å². The van der Waals surface area contributed by atoms with Crippen LogP contribution >= 0.6 is 11.6 Å². The zero-order valence-corrected chi connectivity index (χ0v) is 16.3. The summed E-state index contributed by atoms with van der Waals surface area (Å²) in [6.45, 7) is 2.42. The fourth-order valence-electron chi connectivity index (χ4n) is 3.19. The van der Waals surface area contributed by atoms with Crippen molar-refractivity contribution in [3.8, 4) is 5.75 Å². The Balaban J connectivity index is 1.45. The summed E-state index contributed by atoms with van der Waals surface area (Å²) in [6, 6.07) is 13.5. The van der Waals surface area contributed by atoms with Gasteiger partial charge in [0.15, 0.2) is 6.61 Å². The first kappa shape index (κ1) is 19.3. The molecule has 3 aromatic rings. The molecule has 0 unspecified atom stereocenters. The van der Waals surface area contributed by atoms with Crippen LogP contribution in [0.4, 0.5) is 11.4 Å². The largest absolute Gasteiger partial charge is 0.484 e. The Labute approximate surface area is 171 Å². The van der Waals surface area contributed by atoms with E-state index in [1.807, 2.05) is 0 Å². The molecule has 0 bridgehead atoms. The van der Waals surface area contributed by atoms with Gasteiger partial charge in [-0.2, -0.15) is 0 Å². The molecule has 150 valence electrons. The highest BCUT2D eigenvalue weighted by Crippen LogP contribution is 2.34. The molecule has 0 atom stereocenters. The maximum atomic E-state index is 12.5. The highest BCUT2D eigenvalue weighted by molar-refractivity contribution is 6.34. The lowest BCUT2D eigenvalue weighted by Crippen LogP contribution is -2.37. The zero-order valence-electron chi connectivity index (χ0n) is 15.5. The van der Waals surface area contributed by atoms with E-state index in [1.165, 1.54) is 6.07 Å². The number of halogens is 1. The second-order valence-corrected chi connectivity index (χ2v) is 6.93. The Morgan fingerprint density at radius 2 is 1.93 bits per heavy atom. The van der Waals surface area contributed by atoms with Crippen molar-refractivity contribution >= 4 is 39.9 Å². The van der Waals surface area contributed by atoms with Gasteiger partial charge in [-0.3, -0.25) is 4.79 Å². The van der Waals surface area contributed by atoms with E-state index in [9.17, 15) is 9.59 Å². The van der Waals surface area contributed by atoms with Gasteiger partial charge in [-0.15, -0.1) is 0 Å². The summed E-state index contributed by atoms with van der Waals surface area (Å²) in [5.41, 5.74) is 1.36. The molecule has 29 heavy (non-hydrogen) atoms. The normalized spacial score (nSPS) is 14.0. The number of carbonyl (C=O) groups is 1. The number of morpholine rings is 1. The van der Waals surface area contributed by atoms with Gasteiger partial charge in [-0.25, -0.2) is 4.79 Å². The number of amides is 1. The number of para-hydroxylation sites is 1. The minimum atomic E-state index is -0.441.